The molecule has 1 aromatic heterocycles. The quantitative estimate of drug-likeness (QED) is 0.642. The Bertz CT molecular complexity index is 878. The van der Waals surface area contributed by atoms with Crippen molar-refractivity contribution in [3.63, 3.8) is 0 Å². The Labute approximate surface area is 193 Å². The molecule has 8 nitrogen and oxygen atoms in total. The summed E-state index contributed by atoms with van der Waals surface area (Å²) in [6.07, 6.45) is 0.0705. The molecule has 0 bridgehead atoms. The minimum Gasteiger partial charge on any atom is -0.466 e. The molecule has 0 spiro atoms. The first-order chi connectivity index (χ1) is 14.9. The summed E-state index contributed by atoms with van der Waals surface area (Å²) in [4.78, 5) is 52.6. The molecule has 0 aromatic carbocycles. The predicted molar refractivity (Wildman–Crippen MR) is 123 cm³/mol. The Balaban J connectivity index is 2.04. The van der Waals surface area contributed by atoms with Crippen LogP contribution in [0, 0.1) is 25.2 Å². The molecule has 1 aliphatic rings. The van der Waals surface area contributed by atoms with Crippen LogP contribution in [0.5, 0.6) is 0 Å². The van der Waals surface area contributed by atoms with E-state index in [9.17, 15) is 19.2 Å². The SMILES string of the molecule is CCOC(=O)C1CCN(C(=O)C(C)OC(=O)c2c(NC(=O)C(C)(C)C)sc(C)c2C)CC1. The van der Waals surface area contributed by atoms with E-state index >= 15 is 0 Å². The second-order valence-corrected chi connectivity index (χ2v) is 10.3. The monoisotopic (exact) mass is 466 g/mol. The molecule has 1 atom stereocenters. The van der Waals surface area contributed by atoms with Crippen LogP contribution >= 0.6 is 11.3 Å². The minimum absolute atomic E-state index is 0.206. The lowest BCUT2D eigenvalue weighted by atomic mass is 9.96. The summed E-state index contributed by atoms with van der Waals surface area (Å²) in [5.41, 5.74) is 0.385. The van der Waals surface area contributed by atoms with Gasteiger partial charge in [0, 0.05) is 23.4 Å². The molecule has 1 fully saturated rings. The highest BCUT2D eigenvalue weighted by Crippen LogP contribution is 2.34. The molecule has 0 radical (unpaired) electrons. The van der Waals surface area contributed by atoms with Gasteiger partial charge in [0.1, 0.15) is 5.00 Å². The number of esters is 2. The highest BCUT2D eigenvalue weighted by atomic mass is 32.1. The molecular weight excluding hydrogens is 432 g/mol. The van der Waals surface area contributed by atoms with Crippen molar-refractivity contribution in [3.8, 4) is 0 Å². The van der Waals surface area contributed by atoms with Crippen molar-refractivity contribution >= 4 is 40.1 Å². The zero-order valence-corrected chi connectivity index (χ0v) is 20.8. The van der Waals surface area contributed by atoms with Crippen LogP contribution in [0.3, 0.4) is 0 Å². The van der Waals surface area contributed by atoms with Gasteiger partial charge in [-0.05, 0) is 46.1 Å². The Hall–Kier alpha value is -2.42. The van der Waals surface area contributed by atoms with E-state index in [1.807, 2.05) is 6.92 Å². The molecule has 32 heavy (non-hydrogen) atoms. The van der Waals surface area contributed by atoms with Crippen LogP contribution in [0.15, 0.2) is 0 Å². The second kappa shape index (κ2) is 10.5. The molecule has 2 rings (SSSR count). The van der Waals surface area contributed by atoms with Crippen LogP contribution in [-0.4, -0.2) is 54.5 Å². The third-order valence-electron chi connectivity index (χ3n) is 5.56. The number of piperidine rings is 1. The van der Waals surface area contributed by atoms with Gasteiger partial charge in [0.15, 0.2) is 6.10 Å². The molecule has 1 aliphatic heterocycles. The zero-order valence-electron chi connectivity index (χ0n) is 20.0. The van der Waals surface area contributed by atoms with E-state index in [1.165, 1.54) is 11.3 Å². The van der Waals surface area contributed by atoms with E-state index in [0.717, 1.165) is 10.4 Å². The van der Waals surface area contributed by atoms with E-state index < -0.39 is 17.5 Å². The molecule has 0 saturated carbocycles. The van der Waals surface area contributed by atoms with Crippen LogP contribution in [-0.2, 0) is 23.9 Å². The standard InChI is InChI=1S/C23H34N2O6S/c1-8-30-20(27)16-9-11-25(12-10-16)19(26)14(3)31-21(28)17-13(2)15(4)32-18(17)24-22(29)23(5,6)7/h14,16H,8-12H2,1-7H3,(H,24,29). The first-order valence-corrected chi connectivity index (χ1v) is 11.8. The number of anilines is 1. The fourth-order valence-corrected chi connectivity index (χ4v) is 4.42. The van der Waals surface area contributed by atoms with Gasteiger partial charge in [0.2, 0.25) is 5.91 Å². The number of ether oxygens (including phenoxy) is 2. The van der Waals surface area contributed by atoms with Crippen LogP contribution in [0.25, 0.3) is 0 Å². The molecule has 1 unspecified atom stereocenters. The van der Waals surface area contributed by atoms with E-state index in [4.69, 9.17) is 9.47 Å². The number of aryl methyl sites for hydroxylation is 1. The number of hydrogen-bond donors (Lipinski definition) is 1. The van der Waals surface area contributed by atoms with Crippen molar-refractivity contribution in [1.82, 2.24) is 4.90 Å². The molecular formula is C23H34N2O6S. The van der Waals surface area contributed by atoms with Gasteiger partial charge >= 0.3 is 11.9 Å². The minimum atomic E-state index is -0.979. The van der Waals surface area contributed by atoms with Gasteiger partial charge in [-0.1, -0.05) is 20.8 Å². The number of likely N-dealkylation sites (tertiary alicyclic amines) is 1. The van der Waals surface area contributed by atoms with Gasteiger partial charge in [-0.15, -0.1) is 11.3 Å². The highest BCUT2D eigenvalue weighted by molar-refractivity contribution is 7.16. The van der Waals surface area contributed by atoms with Crippen LogP contribution in [0.4, 0.5) is 5.00 Å². The largest absolute Gasteiger partial charge is 0.466 e. The Morgan fingerprint density at radius 2 is 1.75 bits per heavy atom. The molecule has 9 heteroatoms. The van der Waals surface area contributed by atoms with Crippen LogP contribution in [0.1, 0.15) is 68.3 Å². The number of hydrogen-bond acceptors (Lipinski definition) is 7. The third-order valence-corrected chi connectivity index (χ3v) is 6.68. The molecule has 2 amide bonds. The summed E-state index contributed by atoms with van der Waals surface area (Å²) >= 11 is 1.31. The molecule has 178 valence electrons. The molecule has 1 saturated heterocycles. The summed E-state index contributed by atoms with van der Waals surface area (Å²) in [5, 5.41) is 3.25. The summed E-state index contributed by atoms with van der Waals surface area (Å²) in [6.45, 7) is 13.5. The summed E-state index contributed by atoms with van der Waals surface area (Å²) < 4.78 is 10.6. The van der Waals surface area contributed by atoms with Crippen molar-refractivity contribution in [3.05, 3.63) is 16.0 Å². The fourth-order valence-electron chi connectivity index (χ4n) is 3.37. The predicted octanol–water partition coefficient (Wildman–Crippen LogP) is 3.70. The smallest absolute Gasteiger partial charge is 0.342 e. The van der Waals surface area contributed by atoms with E-state index in [2.05, 4.69) is 5.32 Å². The van der Waals surface area contributed by atoms with Gasteiger partial charge < -0.3 is 19.7 Å². The zero-order chi connectivity index (χ0) is 24.2. The maximum atomic E-state index is 12.9. The van der Waals surface area contributed by atoms with Gasteiger partial charge in [0.25, 0.3) is 5.91 Å². The second-order valence-electron chi connectivity index (χ2n) is 9.09. The molecule has 2 heterocycles. The van der Waals surface area contributed by atoms with Crippen LogP contribution in [0.2, 0.25) is 0 Å². The summed E-state index contributed by atoms with van der Waals surface area (Å²) in [7, 11) is 0. The number of nitrogens with zero attached hydrogens (tertiary/aromatic N) is 1. The average Bonchev–Trinajstić information content (AvgIpc) is 3.00. The molecule has 0 aliphatic carbocycles. The van der Waals surface area contributed by atoms with E-state index in [0.29, 0.717) is 37.5 Å². The number of rotatable bonds is 6. The topological polar surface area (TPSA) is 102 Å². The van der Waals surface area contributed by atoms with Crippen molar-refractivity contribution in [1.29, 1.82) is 0 Å². The number of carbonyl (C=O) groups is 4. The Morgan fingerprint density at radius 3 is 2.28 bits per heavy atom. The first-order valence-electron chi connectivity index (χ1n) is 10.9. The number of thiophene rings is 1. The highest BCUT2D eigenvalue weighted by Gasteiger charge is 2.33. The molecule has 1 N–H and O–H groups in total. The van der Waals surface area contributed by atoms with Crippen molar-refractivity contribution in [2.24, 2.45) is 11.3 Å². The lowest BCUT2D eigenvalue weighted by Crippen LogP contribution is -2.45. The van der Waals surface area contributed by atoms with E-state index in [1.54, 1.807) is 46.4 Å². The normalized spacial score (nSPS) is 15.8. The van der Waals surface area contributed by atoms with Gasteiger partial charge in [-0.3, -0.25) is 14.4 Å². The van der Waals surface area contributed by atoms with E-state index in [-0.39, 0.29) is 29.3 Å². The number of amides is 2. The van der Waals surface area contributed by atoms with Crippen molar-refractivity contribution < 1.29 is 28.7 Å². The molecule has 1 aromatic rings. The number of nitrogens with one attached hydrogen (secondary N) is 1. The first kappa shape index (κ1) is 25.8. The Kier molecular flexibility index (Phi) is 8.45. The van der Waals surface area contributed by atoms with Crippen molar-refractivity contribution in [2.75, 3.05) is 25.0 Å². The average molecular weight is 467 g/mol. The lowest BCUT2D eigenvalue weighted by molar-refractivity contribution is -0.152. The fraction of sp³-hybridized carbons (Fsp3) is 0.652. The van der Waals surface area contributed by atoms with Gasteiger partial charge in [-0.2, -0.15) is 0 Å². The maximum Gasteiger partial charge on any atom is 0.342 e. The van der Waals surface area contributed by atoms with Crippen molar-refractivity contribution in [2.45, 2.75) is 67.4 Å². The third kappa shape index (κ3) is 6.09. The van der Waals surface area contributed by atoms with Crippen LogP contribution < -0.4 is 5.32 Å². The van der Waals surface area contributed by atoms with Gasteiger partial charge in [-0.25, -0.2) is 4.79 Å². The summed E-state index contributed by atoms with van der Waals surface area (Å²) in [5.74, 6) is -1.58. The Morgan fingerprint density at radius 1 is 1.16 bits per heavy atom. The van der Waals surface area contributed by atoms with Gasteiger partial charge in [0.05, 0.1) is 18.1 Å². The summed E-state index contributed by atoms with van der Waals surface area (Å²) in [6, 6.07) is 0. The lowest BCUT2D eigenvalue weighted by Gasteiger charge is -2.32. The maximum absolute atomic E-state index is 12.9. The number of carbonyl (C=O) groups excluding carboxylic acids is 4.